The number of nitrogens with zero attached hydrogens (tertiary/aromatic N) is 2. The smallest absolute Gasteiger partial charge is 0.0951 e. The Labute approximate surface area is 119 Å². The fraction of sp³-hybridized carbons (Fsp3) is 0.308. The summed E-state index contributed by atoms with van der Waals surface area (Å²) in [7, 11) is 0. The lowest BCUT2D eigenvalue weighted by Gasteiger charge is -2.08. The maximum atomic E-state index is 5.74. The van der Waals surface area contributed by atoms with Crippen LogP contribution in [0.2, 0.25) is 0 Å². The van der Waals surface area contributed by atoms with Gasteiger partial charge < -0.3 is 10.3 Å². The van der Waals surface area contributed by atoms with Gasteiger partial charge >= 0.3 is 0 Å². The van der Waals surface area contributed by atoms with Gasteiger partial charge in [-0.2, -0.15) is 0 Å². The molecule has 5 heteroatoms. The van der Waals surface area contributed by atoms with Crippen molar-refractivity contribution in [2.45, 2.75) is 29.5 Å². The van der Waals surface area contributed by atoms with Crippen molar-refractivity contribution in [1.82, 2.24) is 9.55 Å². The first kappa shape index (κ1) is 12.1. The second kappa shape index (κ2) is 4.97. The topological polar surface area (TPSA) is 43.8 Å². The summed E-state index contributed by atoms with van der Waals surface area (Å²) in [6.45, 7) is 0. The van der Waals surface area contributed by atoms with Crippen molar-refractivity contribution in [2.24, 2.45) is 0 Å². The van der Waals surface area contributed by atoms with Crippen LogP contribution >= 0.6 is 27.7 Å². The fourth-order valence-electron chi connectivity index (χ4n) is 1.91. The summed E-state index contributed by atoms with van der Waals surface area (Å²) in [6, 6.07) is 6.63. The third-order valence-corrected chi connectivity index (χ3v) is 5.04. The molecule has 0 spiro atoms. The number of nitrogen functional groups attached to an aromatic ring is 1. The number of hydrogen-bond acceptors (Lipinski definition) is 3. The van der Waals surface area contributed by atoms with Crippen molar-refractivity contribution in [3.63, 3.8) is 0 Å². The molecule has 0 aliphatic heterocycles. The average molecular weight is 324 g/mol. The Balaban J connectivity index is 1.71. The maximum absolute atomic E-state index is 5.74. The van der Waals surface area contributed by atoms with Crippen molar-refractivity contribution in [3.05, 3.63) is 40.9 Å². The van der Waals surface area contributed by atoms with Crippen LogP contribution in [0.4, 0.5) is 5.69 Å². The molecule has 0 amide bonds. The lowest BCUT2D eigenvalue weighted by Crippen LogP contribution is -1.97. The lowest BCUT2D eigenvalue weighted by atomic mass is 10.3. The molecule has 0 bridgehead atoms. The monoisotopic (exact) mass is 323 g/mol. The Kier molecular flexibility index (Phi) is 3.35. The van der Waals surface area contributed by atoms with Crippen LogP contribution in [0.25, 0.3) is 0 Å². The van der Waals surface area contributed by atoms with E-state index in [9.17, 15) is 0 Å². The van der Waals surface area contributed by atoms with E-state index < -0.39 is 0 Å². The molecular weight excluding hydrogens is 310 g/mol. The van der Waals surface area contributed by atoms with Crippen LogP contribution in [0.3, 0.4) is 0 Å². The first-order chi connectivity index (χ1) is 8.74. The van der Waals surface area contributed by atoms with E-state index in [0.717, 1.165) is 15.9 Å². The minimum absolute atomic E-state index is 0.693. The molecule has 3 nitrogen and oxygen atoms in total. The first-order valence-corrected chi connectivity index (χ1v) is 7.70. The number of imidazole rings is 1. The van der Waals surface area contributed by atoms with Gasteiger partial charge in [0.25, 0.3) is 0 Å². The van der Waals surface area contributed by atoms with Crippen LogP contribution in [0.15, 0.2) is 40.1 Å². The molecular formula is C13H14BrN3S. The summed E-state index contributed by atoms with van der Waals surface area (Å²) in [4.78, 5) is 5.47. The van der Waals surface area contributed by atoms with Gasteiger partial charge in [0.2, 0.25) is 0 Å². The zero-order chi connectivity index (χ0) is 12.5. The molecule has 1 aromatic carbocycles. The van der Waals surface area contributed by atoms with Gasteiger partial charge in [-0.25, -0.2) is 4.98 Å². The van der Waals surface area contributed by atoms with E-state index in [-0.39, 0.29) is 0 Å². The average Bonchev–Trinajstić information content (AvgIpc) is 3.08. The van der Waals surface area contributed by atoms with E-state index in [2.05, 4.69) is 31.5 Å². The van der Waals surface area contributed by atoms with Gasteiger partial charge in [0, 0.05) is 38.7 Å². The molecule has 0 unspecified atom stereocenters. The van der Waals surface area contributed by atoms with E-state index in [1.54, 1.807) is 0 Å². The molecule has 2 aromatic rings. The Morgan fingerprint density at radius 1 is 1.44 bits per heavy atom. The van der Waals surface area contributed by atoms with Crippen LogP contribution < -0.4 is 5.73 Å². The Morgan fingerprint density at radius 3 is 3.00 bits per heavy atom. The maximum Gasteiger partial charge on any atom is 0.0951 e. The molecule has 1 aromatic heterocycles. The van der Waals surface area contributed by atoms with Crippen molar-refractivity contribution in [1.29, 1.82) is 0 Å². The number of nitrogens with two attached hydrogens (primary N) is 1. The minimum atomic E-state index is 0.693. The molecule has 2 N–H and O–H groups in total. The Bertz CT molecular complexity index is 563. The van der Waals surface area contributed by atoms with Gasteiger partial charge in [0.1, 0.15) is 0 Å². The molecule has 18 heavy (non-hydrogen) atoms. The number of rotatable bonds is 4. The van der Waals surface area contributed by atoms with E-state index in [1.165, 1.54) is 23.4 Å². The number of halogens is 1. The number of hydrogen-bond donors (Lipinski definition) is 1. The standard InChI is InChI=1S/C13H14BrN3S/c14-12-5-9(15)1-4-13(12)18-7-11-6-16-8-17(11)10-2-3-10/h1,4-6,8,10H,2-3,7,15H2. The van der Waals surface area contributed by atoms with Gasteiger partial charge in [0.15, 0.2) is 0 Å². The number of anilines is 1. The molecule has 1 heterocycles. The third-order valence-electron chi connectivity index (χ3n) is 3.02. The summed E-state index contributed by atoms with van der Waals surface area (Å²) < 4.78 is 3.36. The highest BCUT2D eigenvalue weighted by atomic mass is 79.9. The highest BCUT2D eigenvalue weighted by Gasteiger charge is 2.25. The third kappa shape index (κ3) is 2.57. The fourth-order valence-corrected chi connectivity index (χ4v) is 3.54. The summed E-state index contributed by atoms with van der Waals surface area (Å²) in [5.41, 5.74) is 7.82. The molecule has 1 saturated carbocycles. The summed E-state index contributed by atoms with van der Waals surface area (Å²) in [5.74, 6) is 0.943. The summed E-state index contributed by atoms with van der Waals surface area (Å²) in [5, 5.41) is 0. The van der Waals surface area contributed by atoms with E-state index in [4.69, 9.17) is 5.73 Å². The molecule has 0 atom stereocenters. The molecule has 94 valence electrons. The zero-order valence-corrected chi connectivity index (χ0v) is 12.2. The quantitative estimate of drug-likeness (QED) is 0.686. The van der Waals surface area contributed by atoms with Crippen molar-refractivity contribution >= 4 is 33.4 Å². The SMILES string of the molecule is Nc1ccc(SCc2cncn2C2CC2)c(Br)c1. The van der Waals surface area contributed by atoms with Crippen LogP contribution in [0.1, 0.15) is 24.6 Å². The molecule has 1 aliphatic rings. The van der Waals surface area contributed by atoms with Gasteiger partial charge in [-0.15, -0.1) is 11.8 Å². The highest BCUT2D eigenvalue weighted by molar-refractivity contribution is 9.10. The predicted molar refractivity (Wildman–Crippen MR) is 78.6 cm³/mol. The van der Waals surface area contributed by atoms with Crippen LogP contribution in [0.5, 0.6) is 0 Å². The second-order valence-electron chi connectivity index (χ2n) is 4.50. The van der Waals surface area contributed by atoms with Crippen molar-refractivity contribution in [2.75, 3.05) is 5.73 Å². The highest BCUT2D eigenvalue weighted by Crippen LogP contribution is 2.37. The molecule has 3 rings (SSSR count). The number of aromatic nitrogens is 2. The van der Waals surface area contributed by atoms with Crippen LogP contribution in [0, 0.1) is 0 Å². The van der Waals surface area contributed by atoms with Gasteiger partial charge in [0.05, 0.1) is 6.33 Å². The lowest BCUT2D eigenvalue weighted by molar-refractivity contribution is 0.714. The largest absolute Gasteiger partial charge is 0.399 e. The van der Waals surface area contributed by atoms with E-state index >= 15 is 0 Å². The van der Waals surface area contributed by atoms with E-state index in [0.29, 0.717) is 6.04 Å². The van der Waals surface area contributed by atoms with Gasteiger partial charge in [-0.3, -0.25) is 0 Å². The predicted octanol–water partition coefficient (Wildman–Crippen LogP) is 3.86. The van der Waals surface area contributed by atoms with Crippen LogP contribution in [-0.4, -0.2) is 9.55 Å². The van der Waals surface area contributed by atoms with Crippen LogP contribution in [-0.2, 0) is 5.75 Å². The summed E-state index contributed by atoms with van der Waals surface area (Å²) >= 11 is 5.36. The Hall–Kier alpha value is -0.940. The molecule has 0 saturated heterocycles. The zero-order valence-electron chi connectivity index (χ0n) is 9.84. The Morgan fingerprint density at radius 2 is 2.28 bits per heavy atom. The molecule has 0 radical (unpaired) electrons. The minimum Gasteiger partial charge on any atom is -0.399 e. The number of thioether (sulfide) groups is 1. The molecule has 1 fully saturated rings. The number of benzene rings is 1. The van der Waals surface area contributed by atoms with Gasteiger partial charge in [-0.05, 0) is 47.0 Å². The normalized spacial score (nSPS) is 14.9. The van der Waals surface area contributed by atoms with Crippen molar-refractivity contribution in [3.8, 4) is 0 Å². The molecule has 1 aliphatic carbocycles. The van der Waals surface area contributed by atoms with Crippen molar-refractivity contribution < 1.29 is 0 Å². The first-order valence-electron chi connectivity index (χ1n) is 5.92. The second-order valence-corrected chi connectivity index (χ2v) is 6.37. The summed E-state index contributed by atoms with van der Waals surface area (Å²) in [6.07, 6.45) is 6.50. The van der Waals surface area contributed by atoms with Gasteiger partial charge in [-0.1, -0.05) is 0 Å². The van der Waals surface area contributed by atoms with E-state index in [1.807, 2.05) is 36.4 Å².